The van der Waals surface area contributed by atoms with E-state index in [1.54, 1.807) is 5.01 Å². The van der Waals surface area contributed by atoms with Gasteiger partial charge in [0.05, 0.1) is 0 Å². The molecule has 2 saturated heterocycles. The van der Waals surface area contributed by atoms with E-state index in [2.05, 4.69) is 5.43 Å². The normalized spacial score (nSPS) is 32.7. The Morgan fingerprint density at radius 3 is 2.53 bits per heavy atom. The number of aromatic nitrogens is 2. The van der Waals surface area contributed by atoms with Gasteiger partial charge in [-0.05, 0) is 18.9 Å². The van der Waals surface area contributed by atoms with Gasteiger partial charge in [0.15, 0.2) is 18.1 Å². The number of hydrogen-bond acceptors (Lipinski definition) is 12. The number of H-pyrrole nitrogens is 1. The Morgan fingerprint density at radius 2 is 1.89 bits per heavy atom. The molecule has 0 radical (unpaired) electrons. The van der Waals surface area contributed by atoms with Crippen molar-refractivity contribution in [3.8, 4) is 0 Å². The average molecular weight is 542 g/mol. The number of nitrogens with zero attached hydrogens (tertiary/aromatic N) is 2. The Hall–Kier alpha value is -3.12. The number of ether oxygens (including phenoxy) is 4. The summed E-state index contributed by atoms with van der Waals surface area (Å²) in [5, 5.41) is 33.3. The number of nitrogens with two attached hydrogens (primary N) is 1. The zero-order valence-electron chi connectivity index (χ0n) is 20.5. The quantitative estimate of drug-likeness (QED) is 0.186. The van der Waals surface area contributed by atoms with Crippen molar-refractivity contribution < 1.29 is 43.9 Å². The molecular formula is C22H31N5O11. The zero-order chi connectivity index (χ0) is 27.6. The van der Waals surface area contributed by atoms with E-state index < -0.39 is 72.2 Å². The summed E-state index contributed by atoms with van der Waals surface area (Å²) in [6, 6.07) is 1.05. The summed E-state index contributed by atoms with van der Waals surface area (Å²) in [5.74, 6) is -2.20. The molecule has 8 atom stereocenters. The van der Waals surface area contributed by atoms with Gasteiger partial charge in [0.25, 0.3) is 5.56 Å². The first kappa shape index (κ1) is 27.9. The topological polar surface area (TPSA) is 228 Å². The molecule has 38 heavy (non-hydrogen) atoms. The van der Waals surface area contributed by atoms with Crippen LogP contribution in [-0.2, 0) is 28.5 Å². The summed E-state index contributed by atoms with van der Waals surface area (Å²) < 4.78 is 23.0. The van der Waals surface area contributed by atoms with E-state index in [1.807, 2.05) is 4.98 Å². The van der Waals surface area contributed by atoms with Crippen molar-refractivity contribution in [1.82, 2.24) is 20.0 Å². The van der Waals surface area contributed by atoms with Crippen LogP contribution in [0.1, 0.15) is 25.5 Å². The minimum Gasteiger partial charge on any atom is -0.456 e. The maximum Gasteiger partial charge on any atom is 0.330 e. The summed E-state index contributed by atoms with van der Waals surface area (Å²) >= 11 is 0. The Bertz CT molecular complexity index is 1160. The van der Waals surface area contributed by atoms with E-state index >= 15 is 0 Å². The highest BCUT2D eigenvalue weighted by Gasteiger charge is 2.52. The van der Waals surface area contributed by atoms with E-state index in [1.165, 1.54) is 7.11 Å². The van der Waals surface area contributed by atoms with Crippen LogP contribution in [0.2, 0.25) is 0 Å². The van der Waals surface area contributed by atoms with Crippen molar-refractivity contribution in [1.29, 1.82) is 0 Å². The third-order valence-corrected chi connectivity index (χ3v) is 6.54. The lowest BCUT2D eigenvalue weighted by atomic mass is 10.0. The van der Waals surface area contributed by atoms with Crippen LogP contribution < -0.4 is 22.4 Å². The van der Waals surface area contributed by atoms with Crippen LogP contribution in [0.5, 0.6) is 0 Å². The number of carbonyl (C=O) groups is 2. The summed E-state index contributed by atoms with van der Waals surface area (Å²) in [6.45, 7) is 1.26. The molecule has 16 nitrogen and oxygen atoms in total. The number of rotatable bonds is 8. The maximum atomic E-state index is 12.7. The lowest BCUT2D eigenvalue weighted by Crippen LogP contribution is -2.54. The van der Waals surface area contributed by atoms with Crippen LogP contribution in [-0.4, -0.2) is 105 Å². The molecule has 0 aromatic carbocycles. The highest BCUT2D eigenvalue weighted by atomic mass is 16.7. The van der Waals surface area contributed by atoms with E-state index in [0.717, 1.165) is 42.2 Å². The number of hydrazine groups is 1. The second-order valence-electron chi connectivity index (χ2n) is 9.15. The molecule has 3 aliphatic rings. The van der Waals surface area contributed by atoms with Gasteiger partial charge in [-0.1, -0.05) is 6.42 Å². The third-order valence-electron chi connectivity index (χ3n) is 6.54. The average Bonchev–Trinajstić information content (AvgIpc) is 3.20. The summed E-state index contributed by atoms with van der Waals surface area (Å²) in [4.78, 5) is 50.8. The predicted octanol–water partition coefficient (Wildman–Crippen LogP) is -3.84. The number of primary amides is 1. The van der Waals surface area contributed by atoms with E-state index in [0.29, 0.717) is 13.1 Å². The Labute approximate surface area is 215 Å². The molecule has 0 saturated carbocycles. The lowest BCUT2D eigenvalue weighted by molar-refractivity contribution is -0.241. The number of carbonyl (C=O) groups excluding carboxylic acids is 2. The van der Waals surface area contributed by atoms with Crippen LogP contribution in [0.15, 0.2) is 33.7 Å². The maximum absolute atomic E-state index is 12.7. The Balaban J connectivity index is 1.52. The van der Waals surface area contributed by atoms with Crippen LogP contribution >= 0.6 is 0 Å². The van der Waals surface area contributed by atoms with Gasteiger partial charge < -0.3 is 40.0 Å². The number of hydrogen-bond donors (Lipinski definition) is 6. The zero-order valence-corrected chi connectivity index (χ0v) is 20.5. The first-order chi connectivity index (χ1) is 18.1. The van der Waals surface area contributed by atoms with Crippen molar-refractivity contribution in [3.05, 3.63) is 44.9 Å². The second-order valence-corrected chi connectivity index (χ2v) is 9.15. The summed E-state index contributed by atoms with van der Waals surface area (Å²) in [6.07, 6.45) is -7.56. The van der Waals surface area contributed by atoms with Crippen molar-refractivity contribution in [2.45, 2.75) is 68.4 Å². The van der Waals surface area contributed by atoms with Crippen molar-refractivity contribution >= 4 is 11.8 Å². The van der Waals surface area contributed by atoms with E-state index in [4.69, 9.17) is 24.7 Å². The van der Waals surface area contributed by atoms with Gasteiger partial charge in [0, 0.05) is 32.5 Å². The van der Waals surface area contributed by atoms with E-state index in [-0.39, 0.29) is 5.76 Å². The van der Waals surface area contributed by atoms with Gasteiger partial charge in [-0.15, -0.1) is 0 Å². The van der Waals surface area contributed by atoms with Gasteiger partial charge >= 0.3 is 11.6 Å². The molecule has 210 valence electrons. The predicted molar refractivity (Wildman–Crippen MR) is 125 cm³/mol. The molecule has 16 heteroatoms. The molecule has 2 fully saturated rings. The minimum atomic E-state index is -1.79. The molecule has 8 unspecified atom stereocenters. The van der Waals surface area contributed by atoms with Crippen LogP contribution in [0, 0.1) is 0 Å². The van der Waals surface area contributed by atoms with Crippen LogP contribution in [0.3, 0.4) is 0 Å². The standard InChI is InChI=1S/C22H31N5O11/c1-35-16-14(31)15(37-20(16)27-8-5-12(29)24-22(27)34)17(18(23)32)38-21-13(30)10(28)9-11(36-21)19(33)25-26-6-3-2-4-7-26/h5,8-10,13-17,20-21,28,30-31H,2-4,6-7H2,1H3,(H2,23,32)(H,25,33)(H,24,29,34). The molecule has 1 aromatic rings. The highest BCUT2D eigenvalue weighted by Crippen LogP contribution is 2.34. The SMILES string of the molecule is COC1C(O)C(C(OC2OC(C(=O)NN3CCCCC3)=CC(O)C2O)C(N)=O)OC1n1ccc(=O)[nH]c1=O. The second kappa shape index (κ2) is 11.7. The molecule has 3 aliphatic heterocycles. The summed E-state index contributed by atoms with van der Waals surface area (Å²) in [7, 11) is 1.23. The van der Waals surface area contributed by atoms with Crippen LogP contribution in [0.4, 0.5) is 0 Å². The largest absolute Gasteiger partial charge is 0.456 e. The van der Waals surface area contributed by atoms with Crippen molar-refractivity contribution in [2.24, 2.45) is 5.73 Å². The van der Waals surface area contributed by atoms with Gasteiger partial charge in [-0.25, -0.2) is 9.80 Å². The van der Waals surface area contributed by atoms with Crippen molar-refractivity contribution in [2.75, 3.05) is 20.2 Å². The van der Waals surface area contributed by atoms with Gasteiger partial charge in [0.1, 0.15) is 30.5 Å². The number of amides is 2. The number of aliphatic hydroxyl groups excluding tert-OH is 3. The molecule has 0 bridgehead atoms. The van der Waals surface area contributed by atoms with Crippen molar-refractivity contribution in [3.63, 3.8) is 0 Å². The molecule has 0 spiro atoms. The number of nitrogens with one attached hydrogen (secondary N) is 2. The molecule has 0 aliphatic carbocycles. The van der Waals surface area contributed by atoms with Crippen LogP contribution in [0.25, 0.3) is 0 Å². The van der Waals surface area contributed by atoms with Gasteiger partial charge in [0.2, 0.25) is 12.2 Å². The fourth-order valence-corrected chi connectivity index (χ4v) is 4.57. The smallest absolute Gasteiger partial charge is 0.330 e. The third kappa shape index (κ3) is 5.80. The monoisotopic (exact) mass is 541 g/mol. The first-order valence-corrected chi connectivity index (χ1v) is 12.0. The molecule has 7 N–H and O–H groups in total. The molecule has 1 aromatic heterocycles. The number of methoxy groups -OCH3 is 1. The fraction of sp³-hybridized carbons (Fsp3) is 0.636. The molecule has 4 heterocycles. The summed E-state index contributed by atoms with van der Waals surface area (Å²) in [5.41, 5.74) is 6.63. The van der Waals surface area contributed by atoms with Gasteiger partial charge in [-0.3, -0.25) is 29.4 Å². The lowest BCUT2D eigenvalue weighted by Gasteiger charge is -2.35. The number of aliphatic hydroxyl groups is 3. The Morgan fingerprint density at radius 1 is 1.18 bits per heavy atom. The molecule has 4 rings (SSSR count). The minimum absolute atomic E-state index is 0.359. The Kier molecular flexibility index (Phi) is 8.61. The van der Waals surface area contributed by atoms with Gasteiger partial charge in [-0.2, -0.15) is 0 Å². The first-order valence-electron chi connectivity index (χ1n) is 12.0. The molecule has 2 amide bonds. The fourth-order valence-electron chi connectivity index (χ4n) is 4.57. The van der Waals surface area contributed by atoms with E-state index in [9.17, 15) is 34.5 Å². The number of aromatic amines is 1. The molecular weight excluding hydrogens is 510 g/mol. The number of piperidine rings is 1. The highest BCUT2D eigenvalue weighted by molar-refractivity contribution is 5.91.